The SMILES string of the molecule is Cc1cc(OCc2cccc(-c3cccc(COc4cc(OCc5cncc(C#N)c5)c(CN[C@@](C)(CO)C(=O)O)cc4Cl)c3C)c2C)c(Cl)cc1CNCO. The second-order valence-electron chi connectivity index (χ2n) is 13.6. The first-order valence-electron chi connectivity index (χ1n) is 17.8. The highest BCUT2D eigenvalue weighted by Crippen LogP contribution is 2.36. The molecular formula is C43H44Cl2N4O7. The molecule has 5 rings (SSSR count). The molecule has 5 aromatic rings. The fraction of sp³-hybridized carbons (Fsp3) is 0.279. The number of hydrogen-bond donors (Lipinski definition) is 5. The quantitative estimate of drug-likeness (QED) is 0.0556. The standard InChI is InChI=1S/C43H44Cl2N4O7/c1-26-11-40(37(44)13-33(26)19-48-25-51)55-22-31-7-5-9-35(27(31)2)36-10-6-8-32(28(36)3)23-56-41-15-39(54-21-30-12-29(16-46)17-47-18-30)34(14-38(41)45)20-49-43(4,24-50)42(52)53/h5-15,17-18,48-51H,19-25H2,1-4H3,(H,52,53)/t43-/m0/s1. The molecule has 0 saturated carbocycles. The Kier molecular flexibility index (Phi) is 14.3. The molecule has 0 aliphatic carbocycles. The molecule has 1 heterocycles. The minimum atomic E-state index is -1.60. The van der Waals surface area contributed by atoms with Gasteiger partial charge in [-0.1, -0.05) is 59.6 Å². The number of aromatic nitrogens is 1. The fourth-order valence-corrected chi connectivity index (χ4v) is 6.48. The van der Waals surface area contributed by atoms with Gasteiger partial charge in [0.2, 0.25) is 0 Å². The van der Waals surface area contributed by atoms with Gasteiger partial charge in [0.25, 0.3) is 0 Å². The number of nitrogens with one attached hydrogen (secondary N) is 2. The molecule has 0 spiro atoms. The van der Waals surface area contributed by atoms with Crippen LogP contribution in [0.15, 0.2) is 79.1 Å². The van der Waals surface area contributed by atoms with Crippen molar-refractivity contribution in [2.45, 2.75) is 66.1 Å². The molecule has 4 aromatic carbocycles. The minimum Gasteiger partial charge on any atom is -0.488 e. The summed E-state index contributed by atoms with van der Waals surface area (Å²) in [5.74, 6) is 0.0962. The van der Waals surface area contributed by atoms with Gasteiger partial charge in [-0.25, -0.2) is 0 Å². The third-order valence-electron chi connectivity index (χ3n) is 9.66. The third kappa shape index (κ3) is 10.2. The van der Waals surface area contributed by atoms with Crippen LogP contribution in [-0.4, -0.2) is 45.1 Å². The number of carboxylic acid groups (broad SMARTS) is 1. The van der Waals surface area contributed by atoms with Crippen LogP contribution in [0.4, 0.5) is 0 Å². The lowest BCUT2D eigenvalue weighted by atomic mass is 9.92. The topological polar surface area (TPSA) is 166 Å². The summed E-state index contributed by atoms with van der Waals surface area (Å²) in [6.45, 7) is 7.81. The Labute approximate surface area is 336 Å². The predicted octanol–water partition coefficient (Wildman–Crippen LogP) is 7.55. The van der Waals surface area contributed by atoms with Crippen LogP contribution in [0, 0.1) is 32.1 Å². The van der Waals surface area contributed by atoms with Crippen molar-refractivity contribution in [3.63, 3.8) is 0 Å². The number of pyridine rings is 1. The average molecular weight is 800 g/mol. The molecule has 1 atom stereocenters. The van der Waals surface area contributed by atoms with Gasteiger partial charge in [-0.3, -0.25) is 20.4 Å². The first-order chi connectivity index (χ1) is 26.9. The number of carbonyl (C=O) groups is 1. The minimum absolute atomic E-state index is 0.0158. The Balaban J connectivity index is 1.36. The van der Waals surface area contributed by atoms with Crippen LogP contribution in [0.3, 0.4) is 0 Å². The largest absolute Gasteiger partial charge is 0.488 e. The Bertz CT molecular complexity index is 2240. The van der Waals surface area contributed by atoms with Gasteiger partial charge in [0.05, 0.1) is 28.9 Å². The summed E-state index contributed by atoms with van der Waals surface area (Å²) in [4.78, 5) is 15.9. The summed E-state index contributed by atoms with van der Waals surface area (Å²) in [6, 6.07) is 22.9. The van der Waals surface area contributed by atoms with Crippen LogP contribution >= 0.6 is 23.2 Å². The van der Waals surface area contributed by atoms with E-state index < -0.39 is 18.1 Å². The first kappa shape index (κ1) is 42.0. The number of rotatable bonds is 18. The molecule has 0 aliphatic heterocycles. The van der Waals surface area contributed by atoms with Gasteiger partial charge in [-0.15, -0.1) is 0 Å². The highest BCUT2D eigenvalue weighted by atomic mass is 35.5. The van der Waals surface area contributed by atoms with Gasteiger partial charge in [0, 0.05) is 42.7 Å². The summed E-state index contributed by atoms with van der Waals surface area (Å²) in [7, 11) is 0. The van der Waals surface area contributed by atoms with E-state index in [0.29, 0.717) is 52.1 Å². The lowest BCUT2D eigenvalue weighted by molar-refractivity contribution is -0.145. The van der Waals surface area contributed by atoms with E-state index >= 15 is 0 Å². The number of benzene rings is 4. The molecule has 56 heavy (non-hydrogen) atoms. The maximum atomic E-state index is 11.8. The van der Waals surface area contributed by atoms with Crippen LogP contribution in [0.1, 0.15) is 57.0 Å². The number of ether oxygens (including phenoxy) is 3. The zero-order valence-corrected chi connectivity index (χ0v) is 33.1. The lowest BCUT2D eigenvalue weighted by Crippen LogP contribution is -2.52. The molecule has 292 valence electrons. The van der Waals surface area contributed by atoms with Crippen molar-refractivity contribution in [1.82, 2.24) is 15.6 Å². The number of aliphatic hydroxyl groups is 2. The van der Waals surface area contributed by atoms with Gasteiger partial charge in [-0.05, 0) is 96.5 Å². The molecule has 13 heteroatoms. The van der Waals surface area contributed by atoms with Crippen LogP contribution in [0.5, 0.6) is 17.2 Å². The molecular weight excluding hydrogens is 755 g/mol. The molecule has 11 nitrogen and oxygen atoms in total. The van der Waals surface area contributed by atoms with Crippen molar-refractivity contribution < 1.29 is 34.3 Å². The zero-order chi connectivity index (χ0) is 40.4. The van der Waals surface area contributed by atoms with Crippen molar-refractivity contribution in [3.05, 3.63) is 139 Å². The van der Waals surface area contributed by atoms with E-state index in [-0.39, 0.29) is 31.5 Å². The van der Waals surface area contributed by atoms with Gasteiger partial charge >= 0.3 is 5.97 Å². The molecule has 0 saturated heterocycles. The number of carboxylic acids is 1. The highest BCUT2D eigenvalue weighted by Gasteiger charge is 2.32. The number of nitriles is 1. The van der Waals surface area contributed by atoms with Crippen LogP contribution in [-0.2, 0) is 37.7 Å². The van der Waals surface area contributed by atoms with E-state index in [1.54, 1.807) is 24.4 Å². The van der Waals surface area contributed by atoms with Crippen molar-refractivity contribution in [2.24, 2.45) is 0 Å². The number of aryl methyl sites for hydroxylation is 1. The summed E-state index contributed by atoms with van der Waals surface area (Å²) in [5.41, 5.74) is 8.09. The van der Waals surface area contributed by atoms with Gasteiger partial charge in [0.1, 0.15) is 48.7 Å². The van der Waals surface area contributed by atoms with E-state index in [2.05, 4.69) is 40.7 Å². The third-order valence-corrected chi connectivity index (χ3v) is 10.2. The van der Waals surface area contributed by atoms with Gasteiger partial charge < -0.3 is 29.5 Å². The Hall–Kier alpha value is -5.19. The number of halogens is 2. The maximum Gasteiger partial charge on any atom is 0.326 e. The molecule has 1 aromatic heterocycles. The monoisotopic (exact) mass is 798 g/mol. The van der Waals surface area contributed by atoms with Crippen LogP contribution < -0.4 is 24.8 Å². The summed E-state index contributed by atoms with van der Waals surface area (Å²) >= 11 is 13.3. The van der Waals surface area contributed by atoms with Gasteiger partial charge in [0.15, 0.2) is 0 Å². The Morgan fingerprint density at radius 2 is 1.38 bits per heavy atom. The second-order valence-corrected chi connectivity index (χ2v) is 14.4. The molecule has 0 fully saturated rings. The number of aliphatic carboxylic acids is 1. The lowest BCUT2D eigenvalue weighted by Gasteiger charge is -2.25. The van der Waals surface area contributed by atoms with E-state index in [1.807, 2.05) is 50.2 Å². The Morgan fingerprint density at radius 1 is 0.786 bits per heavy atom. The van der Waals surface area contributed by atoms with Gasteiger partial charge in [-0.2, -0.15) is 5.26 Å². The summed E-state index contributed by atoms with van der Waals surface area (Å²) in [6.07, 6.45) is 3.05. The summed E-state index contributed by atoms with van der Waals surface area (Å²) < 4.78 is 18.7. The van der Waals surface area contributed by atoms with E-state index in [4.69, 9.17) is 42.5 Å². The average Bonchev–Trinajstić information content (AvgIpc) is 3.19. The van der Waals surface area contributed by atoms with Crippen molar-refractivity contribution in [2.75, 3.05) is 13.3 Å². The van der Waals surface area contributed by atoms with Crippen molar-refractivity contribution in [3.8, 4) is 34.4 Å². The van der Waals surface area contributed by atoms with Crippen LogP contribution in [0.2, 0.25) is 10.0 Å². The molecule has 0 bridgehead atoms. The maximum absolute atomic E-state index is 11.8. The van der Waals surface area contributed by atoms with E-state index in [9.17, 15) is 20.3 Å². The molecule has 0 aliphatic rings. The molecule has 0 unspecified atom stereocenters. The molecule has 0 radical (unpaired) electrons. The normalized spacial score (nSPS) is 12.1. The highest BCUT2D eigenvalue weighted by molar-refractivity contribution is 6.32. The fourth-order valence-electron chi connectivity index (χ4n) is 6.00. The predicted molar refractivity (Wildman–Crippen MR) is 215 cm³/mol. The second kappa shape index (κ2) is 19.1. The number of hydrogen-bond acceptors (Lipinski definition) is 10. The zero-order valence-electron chi connectivity index (χ0n) is 31.6. The smallest absolute Gasteiger partial charge is 0.326 e. The van der Waals surface area contributed by atoms with Crippen molar-refractivity contribution in [1.29, 1.82) is 5.26 Å². The van der Waals surface area contributed by atoms with E-state index in [0.717, 1.165) is 44.5 Å². The number of aliphatic hydroxyl groups excluding tert-OH is 2. The van der Waals surface area contributed by atoms with E-state index in [1.165, 1.54) is 13.1 Å². The molecule has 5 N–H and O–H groups in total. The summed E-state index contributed by atoms with van der Waals surface area (Å²) in [5, 5.41) is 44.4. The first-order valence-corrected chi connectivity index (χ1v) is 18.5. The van der Waals surface area contributed by atoms with Crippen molar-refractivity contribution >= 4 is 29.2 Å². The Morgan fingerprint density at radius 3 is 1.95 bits per heavy atom. The van der Waals surface area contributed by atoms with Crippen LogP contribution in [0.25, 0.3) is 11.1 Å². The molecule has 0 amide bonds. The number of nitrogens with zero attached hydrogens (tertiary/aromatic N) is 2.